The second kappa shape index (κ2) is 6.17. The lowest BCUT2D eigenvalue weighted by Crippen LogP contribution is -2.18. The van der Waals surface area contributed by atoms with Crippen molar-refractivity contribution in [2.75, 3.05) is 0 Å². The number of nitrogens with one attached hydrogen (secondary N) is 1. The maximum Gasteiger partial charge on any atom is 0.137 e. The van der Waals surface area contributed by atoms with E-state index in [-0.39, 0.29) is 17.6 Å². The van der Waals surface area contributed by atoms with Gasteiger partial charge in [0, 0.05) is 18.2 Å². The first-order valence-electron chi connectivity index (χ1n) is 6.03. The standard InChI is InChI=1S/C15H15BrFNO/c1-10(11-6-7-14(17)13(16)8-11)18-9-12-4-2-3-5-15(12)19/h2-8,10,18-19H,9H2,1H3. The van der Waals surface area contributed by atoms with Crippen molar-refractivity contribution in [3.8, 4) is 5.75 Å². The van der Waals surface area contributed by atoms with E-state index in [0.29, 0.717) is 11.0 Å². The molecule has 1 atom stereocenters. The van der Waals surface area contributed by atoms with Gasteiger partial charge in [-0.1, -0.05) is 24.3 Å². The van der Waals surface area contributed by atoms with Crippen molar-refractivity contribution >= 4 is 15.9 Å². The van der Waals surface area contributed by atoms with Crippen LogP contribution in [0, 0.1) is 5.82 Å². The van der Waals surface area contributed by atoms with Gasteiger partial charge in [0.15, 0.2) is 0 Å². The summed E-state index contributed by atoms with van der Waals surface area (Å²) in [6, 6.07) is 12.2. The zero-order valence-corrected chi connectivity index (χ0v) is 12.1. The highest BCUT2D eigenvalue weighted by atomic mass is 79.9. The SMILES string of the molecule is CC(NCc1ccccc1O)c1ccc(F)c(Br)c1. The molecule has 19 heavy (non-hydrogen) atoms. The van der Waals surface area contributed by atoms with E-state index in [2.05, 4.69) is 21.2 Å². The van der Waals surface area contributed by atoms with E-state index in [0.717, 1.165) is 11.1 Å². The van der Waals surface area contributed by atoms with Crippen LogP contribution in [0.2, 0.25) is 0 Å². The van der Waals surface area contributed by atoms with Gasteiger partial charge in [0.05, 0.1) is 4.47 Å². The van der Waals surface area contributed by atoms with Gasteiger partial charge < -0.3 is 10.4 Å². The van der Waals surface area contributed by atoms with Crippen LogP contribution < -0.4 is 5.32 Å². The Morgan fingerprint density at radius 2 is 2.00 bits per heavy atom. The first-order valence-corrected chi connectivity index (χ1v) is 6.82. The highest BCUT2D eigenvalue weighted by Gasteiger charge is 2.08. The van der Waals surface area contributed by atoms with Crippen LogP contribution in [-0.4, -0.2) is 5.11 Å². The van der Waals surface area contributed by atoms with Crippen LogP contribution in [-0.2, 0) is 6.54 Å². The molecule has 2 rings (SSSR count). The molecule has 0 saturated carbocycles. The quantitative estimate of drug-likeness (QED) is 0.886. The molecule has 2 aromatic rings. The van der Waals surface area contributed by atoms with Crippen molar-refractivity contribution in [3.63, 3.8) is 0 Å². The van der Waals surface area contributed by atoms with Gasteiger partial charge in [0.25, 0.3) is 0 Å². The summed E-state index contributed by atoms with van der Waals surface area (Å²) in [5, 5.41) is 13.0. The third-order valence-electron chi connectivity index (χ3n) is 3.03. The van der Waals surface area contributed by atoms with E-state index >= 15 is 0 Å². The monoisotopic (exact) mass is 323 g/mol. The number of aromatic hydroxyl groups is 1. The molecular weight excluding hydrogens is 309 g/mol. The zero-order valence-electron chi connectivity index (χ0n) is 10.5. The van der Waals surface area contributed by atoms with Crippen LogP contribution in [0.15, 0.2) is 46.9 Å². The van der Waals surface area contributed by atoms with Crippen molar-refractivity contribution in [2.45, 2.75) is 19.5 Å². The molecule has 100 valence electrons. The molecule has 0 spiro atoms. The predicted molar refractivity (Wildman–Crippen MR) is 77.5 cm³/mol. The number of rotatable bonds is 4. The van der Waals surface area contributed by atoms with E-state index in [1.165, 1.54) is 6.07 Å². The Bertz CT molecular complexity index is 574. The molecule has 0 aliphatic rings. The lowest BCUT2D eigenvalue weighted by molar-refractivity contribution is 0.460. The summed E-state index contributed by atoms with van der Waals surface area (Å²) < 4.78 is 13.6. The molecule has 2 nitrogen and oxygen atoms in total. The summed E-state index contributed by atoms with van der Waals surface area (Å²) in [6.45, 7) is 2.56. The van der Waals surface area contributed by atoms with Crippen molar-refractivity contribution in [2.24, 2.45) is 0 Å². The van der Waals surface area contributed by atoms with E-state index < -0.39 is 0 Å². The van der Waals surface area contributed by atoms with Crippen molar-refractivity contribution in [3.05, 3.63) is 63.9 Å². The van der Waals surface area contributed by atoms with Gasteiger partial charge in [0.1, 0.15) is 11.6 Å². The van der Waals surface area contributed by atoms with E-state index in [1.807, 2.05) is 19.1 Å². The lowest BCUT2D eigenvalue weighted by Gasteiger charge is -2.15. The highest BCUT2D eigenvalue weighted by Crippen LogP contribution is 2.22. The Morgan fingerprint density at radius 1 is 1.26 bits per heavy atom. The van der Waals surface area contributed by atoms with Gasteiger partial charge in [-0.25, -0.2) is 4.39 Å². The molecule has 0 radical (unpaired) electrons. The molecule has 0 amide bonds. The molecule has 0 fully saturated rings. The molecule has 0 aliphatic heterocycles. The van der Waals surface area contributed by atoms with Crippen LogP contribution in [0.25, 0.3) is 0 Å². The summed E-state index contributed by atoms with van der Waals surface area (Å²) in [5.74, 6) is 0.0131. The number of halogens is 2. The van der Waals surface area contributed by atoms with Crippen LogP contribution >= 0.6 is 15.9 Å². The van der Waals surface area contributed by atoms with Crippen LogP contribution in [0.3, 0.4) is 0 Å². The number of hydrogen-bond acceptors (Lipinski definition) is 2. The maximum absolute atomic E-state index is 13.2. The second-order valence-corrected chi connectivity index (χ2v) is 5.26. The predicted octanol–water partition coefficient (Wildman–Crippen LogP) is 4.14. The Balaban J connectivity index is 2.03. The van der Waals surface area contributed by atoms with Crippen molar-refractivity contribution in [1.82, 2.24) is 5.32 Å². The third kappa shape index (κ3) is 3.55. The first-order chi connectivity index (χ1) is 9.08. The lowest BCUT2D eigenvalue weighted by atomic mass is 10.1. The van der Waals surface area contributed by atoms with E-state index in [1.54, 1.807) is 24.3 Å². The fourth-order valence-corrected chi connectivity index (χ4v) is 2.22. The topological polar surface area (TPSA) is 32.3 Å². The normalized spacial score (nSPS) is 12.4. The molecule has 0 saturated heterocycles. The van der Waals surface area contributed by atoms with E-state index in [9.17, 15) is 9.50 Å². The maximum atomic E-state index is 13.2. The van der Waals surface area contributed by atoms with Gasteiger partial charge in [0.2, 0.25) is 0 Å². The summed E-state index contributed by atoms with van der Waals surface area (Å²) in [6.07, 6.45) is 0. The van der Waals surface area contributed by atoms with Gasteiger partial charge in [-0.3, -0.25) is 0 Å². The second-order valence-electron chi connectivity index (χ2n) is 4.40. The third-order valence-corrected chi connectivity index (χ3v) is 3.64. The molecule has 0 aliphatic carbocycles. The van der Waals surface area contributed by atoms with Crippen LogP contribution in [0.5, 0.6) is 5.75 Å². The minimum Gasteiger partial charge on any atom is -0.508 e. The largest absolute Gasteiger partial charge is 0.508 e. The minimum atomic E-state index is -0.267. The smallest absolute Gasteiger partial charge is 0.137 e. The molecule has 0 bridgehead atoms. The summed E-state index contributed by atoms with van der Waals surface area (Å²) >= 11 is 3.18. The van der Waals surface area contributed by atoms with Gasteiger partial charge in [-0.05, 0) is 46.6 Å². The van der Waals surface area contributed by atoms with Crippen LogP contribution in [0.1, 0.15) is 24.1 Å². The minimum absolute atomic E-state index is 0.0662. The molecule has 0 aromatic heterocycles. The average Bonchev–Trinajstić information content (AvgIpc) is 2.40. The first kappa shape index (κ1) is 14.0. The molecule has 2 aromatic carbocycles. The van der Waals surface area contributed by atoms with Gasteiger partial charge in [-0.15, -0.1) is 0 Å². The highest BCUT2D eigenvalue weighted by molar-refractivity contribution is 9.10. The zero-order chi connectivity index (χ0) is 13.8. The molecule has 4 heteroatoms. The Labute approximate surface area is 120 Å². The van der Waals surface area contributed by atoms with Crippen LogP contribution in [0.4, 0.5) is 4.39 Å². The Hall–Kier alpha value is -1.39. The number of benzene rings is 2. The Morgan fingerprint density at radius 3 is 2.68 bits per heavy atom. The number of phenolic OH excluding ortho intramolecular Hbond substituents is 1. The van der Waals surface area contributed by atoms with Gasteiger partial charge >= 0.3 is 0 Å². The summed E-state index contributed by atoms with van der Waals surface area (Å²) in [5.41, 5.74) is 1.83. The van der Waals surface area contributed by atoms with Crippen molar-refractivity contribution < 1.29 is 9.50 Å². The number of para-hydroxylation sites is 1. The Kier molecular flexibility index (Phi) is 4.56. The average molecular weight is 324 g/mol. The van der Waals surface area contributed by atoms with Crippen molar-refractivity contribution in [1.29, 1.82) is 0 Å². The molecule has 2 N–H and O–H groups in total. The number of hydrogen-bond donors (Lipinski definition) is 2. The van der Waals surface area contributed by atoms with E-state index in [4.69, 9.17) is 0 Å². The molecule has 1 unspecified atom stereocenters. The summed E-state index contributed by atoms with van der Waals surface area (Å²) in [7, 11) is 0. The fourth-order valence-electron chi connectivity index (χ4n) is 1.82. The summed E-state index contributed by atoms with van der Waals surface area (Å²) in [4.78, 5) is 0. The molecular formula is C15H15BrFNO. The number of phenols is 1. The fraction of sp³-hybridized carbons (Fsp3) is 0.200. The molecule has 0 heterocycles. The van der Waals surface area contributed by atoms with Gasteiger partial charge in [-0.2, -0.15) is 0 Å².